The van der Waals surface area contributed by atoms with E-state index in [4.69, 9.17) is 4.74 Å². The highest BCUT2D eigenvalue weighted by Crippen LogP contribution is 2.49. The second-order valence-electron chi connectivity index (χ2n) is 4.86. The highest BCUT2D eigenvalue weighted by molar-refractivity contribution is 4.97. The van der Waals surface area contributed by atoms with Gasteiger partial charge in [0, 0.05) is 32.6 Å². The number of hydrogen-bond donors (Lipinski definition) is 0. The Morgan fingerprint density at radius 3 is 2.40 bits per heavy atom. The molecule has 0 N–H and O–H groups in total. The van der Waals surface area contributed by atoms with E-state index in [0.717, 1.165) is 32.5 Å². The van der Waals surface area contributed by atoms with Gasteiger partial charge in [0.2, 0.25) is 0 Å². The van der Waals surface area contributed by atoms with Crippen molar-refractivity contribution in [1.29, 1.82) is 0 Å². The number of rotatable bonds is 4. The number of hydrogen-bond acceptors (Lipinski definition) is 2. The van der Waals surface area contributed by atoms with Crippen LogP contribution in [0.3, 0.4) is 0 Å². The number of alkyl halides is 2. The van der Waals surface area contributed by atoms with Crippen LogP contribution in [0.1, 0.15) is 19.3 Å². The number of piperidine rings is 1. The van der Waals surface area contributed by atoms with Crippen LogP contribution in [0.25, 0.3) is 0 Å². The molecule has 4 heteroatoms. The molecule has 2 fully saturated rings. The van der Waals surface area contributed by atoms with Gasteiger partial charge in [0.15, 0.2) is 0 Å². The van der Waals surface area contributed by atoms with Crippen molar-refractivity contribution in [2.45, 2.75) is 25.2 Å². The molecule has 0 spiro atoms. The maximum Gasteiger partial charge on any atom is 0.252 e. The number of methoxy groups -OCH3 is 1. The maximum absolute atomic E-state index is 12.7. The minimum absolute atomic E-state index is 0.102. The average molecular weight is 219 g/mol. The van der Waals surface area contributed by atoms with Gasteiger partial charge in [0.25, 0.3) is 5.92 Å². The van der Waals surface area contributed by atoms with Gasteiger partial charge in [-0.25, -0.2) is 8.78 Å². The third-order valence-corrected chi connectivity index (χ3v) is 3.54. The Morgan fingerprint density at radius 1 is 1.33 bits per heavy atom. The first kappa shape index (κ1) is 11.3. The van der Waals surface area contributed by atoms with Crippen molar-refractivity contribution in [3.05, 3.63) is 0 Å². The number of halogens is 2. The summed E-state index contributed by atoms with van der Waals surface area (Å²) in [5, 5.41) is 0. The molecule has 0 radical (unpaired) electrons. The fourth-order valence-electron chi connectivity index (χ4n) is 2.35. The van der Waals surface area contributed by atoms with Crippen LogP contribution >= 0.6 is 0 Å². The molecule has 15 heavy (non-hydrogen) atoms. The predicted octanol–water partition coefficient (Wildman–Crippen LogP) is 2.00. The van der Waals surface area contributed by atoms with Gasteiger partial charge < -0.3 is 9.64 Å². The number of nitrogens with zero attached hydrogens (tertiary/aromatic N) is 1. The molecule has 2 nitrogen and oxygen atoms in total. The average Bonchev–Trinajstić information content (AvgIpc) is 2.78. The summed E-state index contributed by atoms with van der Waals surface area (Å²) in [6.45, 7) is 3.32. The lowest BCUT2D eigenvalue weighted by atomic mass is 9.98. The van der Waals surface area contributed by atoms with Gasteiger partial charge in [0.1, 0.15) is 0 Å². The molecular formula is C11H19F2NO. The van der Waals surface area contributed by atoms with Gasteiger partial charge in [-0.15, -0.1) is 0 Å². The van der Waals surface area contributed by atoms with Crippen LogP contribution in [-0.2, 0) is 4.74 Å². The van der Waals surface area contributed by atoms with Gasteiger partial charge in [0.05, 0.1) is 0 Å². The lowest BCUT2D eigenvalue weighted by Crippen LogP contribution is -2.36. The Bertz CT molecular complexity index is 215. The predicted molar refractivity (Wildman–Crippen MR) is 54.1 cm³/mol. The summed E-state index contributed by atoms with van der Waals surface area (Å²) < 4.78 is 30.5. The lowest BCUT2D eigenvalue weighted by molar-refractivity contribution is 0.0694. The largest absolute Gasteiger partial charge is 0.384 e. The third kappa shape index (κ3) is 2.88. The van der Waals surface area contributed by atoms with Crippen LogP contribution < -0.4 is 0 Å². The Labute approximate surface area is 89.6 Å². The Hall–Kier alpha value is -0.220. The van der Waals surface area contributed by atoms with E-state index in [9.17, 15) is 8.78 Å². The van der Waals surface area contributed by atoms with Gasteiger partial charge in [-0.1, -0.05) is 0 Å². The molecule has 88 valence electrons. The van der Waals surface area contributed by atoms with Crippen molar-refractivity contribution >= 4 is 0 Å². The van der Waals surface area contributed by atoms with Crippen molar-refractivity contribution in [1.82, 2.24) is 4.90 Å². The van der Waals surface area contributed by atoms with Crippen LogP contribution in [-0.4, -0.2) is 44.2 Å². The van der Waals surface area contributed by atoms with Crippen LogP contribution in [0, 0.1) is 11.8 Å². The molecule has 1 atom stereocenters. The molecule has 0 aromatic heterocycles. The molecule has 2 rings (SSSR count). The van der Waals surface area contributed by atoms with E-state index in [-0.39, 0.29) is 12.3 Å². The zero-order valence-corrected chi connectivity index (χ0v) is 9.22. The van der Waals surface area contributed by atoms with Crippen molar-refractivity contribution in [2.24, 2.45) is 11.8 Å². The molecule has 1 unspecified atom stereocenters. The molecule has 0 aromatic carbocycles. The lowest BCUT2D eigenvalue weighted by Gasteiger charge is -2.31. The molecule has 1 saturated heterocycles. The molecular weight excluding hydrogens is 200 g/mol. The first-order chi connectivity index (χ1) is 7.12. The minimum Gasteiger partial charge on any atom is -0.384 e. The van der Waals surface area contributed by atoms with E-state index in [1.54, 1.807) is 7.11 Å². The summed E-state index contributed by atoms with van der Waals surface area (Å²) in [5.41, 5.74) is 0. The second-order valence-corrected chi connectivity index (χ2v) is 4.86. The van der Waals surface area contributed by atoms with Gasteiger partial charge in [-0.2, -0.15) is 0 Å². The monoisotopic (exact) mass is 219 g/mol. The van der Waals surface area contributed by atoms with Crippen molar-refractivity contribution in [3.63, 3.8) is 0 Å². The van der Waals surface area contributed by atoms with Crippen molar-refractivity contribution < 1.29 is 13.5 Å². The quantitative estimate of drug-likeness (QED) is 0.717. The Kier molecular flexibility index (Phi) is 3.26. The van der Waals surface area contributed by atoms with E-state index >= 15 is 0 Å². The van der Waals surface area contributed by atoms with E-state index < -0.39 is 5.92 Å². The summed E-state index contributed by atoms with van der Waals surface area (Å²) in [5.74, 6) is -2.09. The topological polar surface area (TPSA) is 12.5 Å². The standard InChI is InChI=1S/C11H19F2NO/c1-15-8-9-2-4-14(5-3-9)7-10-6-11(10,12)13/h9-10H,2-8H2,1H3. The molecule has 0 aromatic rings. The van der Waals surface area contributed by atoms with Crippen molar-refractivity contribution in [3.8, 4) is 0 Å². The van der Waals surface area contributed by atoms with Crippen LogP contribution in [0.4, 0.5) is 8.78 Å². The minimum atomic E-state index is -2.36. The van der Waals surface area contributed by atoms with Crippen molar-refractivity contribution in [2.75, 3.05) is 33.4 Å². The summed E-state index contributed by atoms with van der Waals surface area (Å²) in [6.07, 6.45) is 2.28. The SMILES string of the molecule is COCC1CCN(CC2CC2(F)F)CC1. The Balaban J connectivity index is 1.66. The summed E-state index contributed by atoms with van der Waals surface area (Å²) in [7, 11) is 1.72. The van der Waals surface area contributed by atoms with E-state index in [2.05, 4.69) is 4.90 Å². The summed E-state index contributed by atoms with van der Waals surface area (Å²) in [6, 6.07) is 0. The van der Waals surface area contributed by atoms with Gasteiger partial charge >= 0.3 is 0 Å². The van der Waals surface area contributed by atoms with E-state index in [1.165, 1.54) is 0 Å². The highest BCUT2D eigenvalue weighted by atomic mass is 19.3. The smallest absolute Gasteiger partial charge is 0.252 e. The first-order valence-corrected chi connectivity index (χ1v) is 5.71. The van der Waals surface area contributed by atoms with Crippen LogP contribution in [0.5, 0.6) is 0 Å². The molecule has 2 aliphatic rings. The molecule has 0 amide bonds. The second kappa shape index (κ2) is 4.34. The molecule has 1 heterocycles. The summed E-state index contributed by atoms with van der Waals surface area (Å²) >= 11 is 0. The number of ether oxygens (including phenoxy) is 1. The molecule has 1 saturated carbocycles. The first-order valence-electron chi connectivity index (χ1n) is 5.71. The molecule has 1 aliphatic heterocycles. The zero-order valence-electron chi connectivity index (χ0n) is 9.22. The van der Waals surface area contributed by atoms with Gasteiger partial charge in [-0.3, -0.25) is 0 Å². The fraction of sp³-hybridized carbons (Fsp3) is 1.00. The van der Waals surface area contributed by atoms with Crippen LogP contribution in [0.15, 0.2) is 0 Å². The highest BCUT2D eigenvalue weighted by Gasteiger charge is 2.56. The summed E-state index contributed by atoms with van der Waals surface area (Å²) in [4.78, 5) is 2.18. The molecule has 0 bridgehead atoms. The number of likely N-dealkylation sites (tertiary alicyclic amines) is 1. The molecule has 1 aliphatic carbocycles. The van der Waals surface area contributed by atoms with Crippen LogP contribution in [0.2, 0.25) is 0 Å². The maximum atomic E-state index is 12.7. The Morgan fingerprint density at radius 2 is 1.93 bits per heavy atom. The zero-order chi connectivity index (χ0) is 10.9. The van der Waals surface area contributed by atoms with Gasteiger partial charge in [-0.05, 0) is 31.8 Å². The van der Waals surface area contributed by atoms with E-state index in [0.29, 0.717) is 12.5 Å². The normalized spacial score (nSPS) is 31.8. The third-order valence-electron chi connectivity index (χ3n) is 3.54. The fourth-order valence-corrected chi connectivity index (χ4v) is 2.35. The van der Waals surface area contributed by atoms with E-state index in [1.807, 2.05) is 0 Å².